The molecule has 31 heavy (non-hydrogen) atoms. The molecule has 0 saturated carbocycles. The minimum atomic E-state index is -1.07. The lowest BCUT2D eigenvalue weighted by Gasteiger charge is -2.39. The van der Waals surface area contributed by atoms with Crippen LogP contribution in [0.25, 0.3) is 0 Å². The number of nitrogens with two attached hydrogens (primary N) is 2. The van der Waals surface area contributed by atoms with Crippen molar-refractivity contribution in [1.82, 2.24) is 15.3 Å². The number of rotatable bonds is 6. The molecule has 1 aliphatic heterocycles. The average Bonchev–Trinajstić information content (AvgIpc) is 2.74. The highest BCUT2D eigenvalue weighted by Crippen LogP contribution is 2.28. The highest BCUT2D eigenvalue weighted by molar-refractivity contribution is 6.30. The number of amides is 1. The van der Waals surface area contributed by atoms with E-state index < -0.39 is 5.54 Å². The van der Waals surface area contributed by atoms with Gasteiger partial charge in [0.05, 0.1) is 11.6 Å². The molecule has 3 rings (SSSR count). The van der Waals surface area contributed by atoms with E-state index in [1.807, 2.05) is 23.1 Å². The Morgan fingerprint density at radius 2 is 1.97 bits per heavy atom. The van der Waals surface area contributed by atoms with Crippen LogP contribution in [0.5, 0.6) is 0 Å². The van der Waals surface area contributed by atoms with Crippen molar-refractivity contribution < 1.29 is 9.90 Å². The van der Waals surface area contributed by atoms with Crippen molar-refractivity contribution in [2.24, 2.45) is 5.73 Å². The summed E-state index contributed by atoms with van der Waals surface area (Å²) in [5.74, 6) is 0.296. The predicted molar refractivity (Wildman–Crippen MR) is 120 cm³/mol. The number of halogens is 1. The molecule has 166 valence electrons. The summed E-state index contributed by atoms with van der Waals surface area (Å²) >= 11 is 5.94. The Morgan fingerprint density at radius 1 is 1.32 bits per heavy atom. The molecule has 0 unspecified atom stereocenters. The first kappa shape index (κ1) is 24.3. The third kappa shape index (κ3) is 5.41. The Bertz CT molecular complexity index is 938. The van der Waals surface area contributed by atoms with Crippen LogP contribution in [-0.2, 0) is 4.79 Å². The first-order valence-corrected chi connectivity index (χ1v) is 9.97. The monoisotopic (exact) mass is 445 g/mol. The number of anilines is 2. The summed E-state index contributed by atoms with van der Waals surface area (Å²) in [6, 6.07) is 8.78. The number of nitriles is 1. The lowest BCUT2D eigenvalue weighted by Crippen LogP contribution is -2.60. The molecule has 2 aromatic rings. The van der Waals surface area contributed by atoms with Crippen LogP contribution in [0.1, 0.15) is 43.9 Å². The molecule has 1 atom stereocenters. The maximum Gasteiger partial charge on any atom is 0.240 e. The minimum absolute atomic E-state index is 0. The fourth-order valence-electron chi connectivity index (χ4n) is 3.53. The number of carbonyl (C=O) groups excluding carboxylic acids is 1. The quantitative estimate of drug-likeness (QED) is 0.524. The van der Waals surface area contributed by atoms with Crippen molar-refractivity contribution in [1.29, 1.82) is 5.26 Å². The normalized spacial score (nSPS) is 16.0. The number of aliphatic hydroxyl groups is 1. The van der Waals surface area contributed by atoms with E-state index in [1.165, 1.54) is 6.33 Å². The third-order valence-electron chi connectivity index (χ3n) is 5.37. The van der Waals surface area contributed by atoms with E-state index in [9.17, 15) is 15.2 Å². The molecular weight excluding hydrogens is 418 g/mol. The van der Waals surface area contributed by atoms with Crippen molar-refractivity contribution in [3.63, 3.8) is 0 Å². The summed E-state index contributed by atoms with van der Waals surface area (Å²) < 4.78 is 0. The number of benzene rings is 1. The van der Waals surface area contributed by atoms with Gasteiger partial charge in [0.1, 0.15) is 23.8 Å². The van der Waals surface area contributed by atoms with Crippen LogP contribution >= 0.6 is 11.6 Å². The van der Waals surface area contributed by atoms with Gasteiger partial charge >= 0.3 is 0 Å². The van der Waals surface area contributed by atoms with Gasteiger partial charge in [0.2, 0.25) is 5.91 Å². The van der Waals surface area contributed by atoms with Crippen molar-refractivity contribution in [2.45, 2.75) is 38.3 Å². The molecule has 9 nitrogen and oxygen atoms in total. The summed E-state index contributed by atoms with van der Waals surface area (Å²) in [6.45, 7) is 0.812. The Hall–Kier alpha value is -2.93. The van der Waals surface area contributed by atoms with Gasteiger partial charge < -0.3 is 26.8 Å². The largest absolute Gasteiger partial charge is 0.396 e. The molecule has 2 heterocycles. The summed E-state index contributed by atoms with van der Waals surface area (Å²) in [5, 5.41) is 22.3. The van der Waals surface area contributed by atoms with Gasteiger partial charge in [0.15, 0.2) is 5.82 Å². The molecular formula is C21H28ClN7O2. The van der Waals surface area contributed by atoms with Gasteiger partial charge in [-0.2, -0.15) is 5.26 Å². The fourth-order valence-corrected chi connectivity index (χ4v) is 3.66. The lowest BCUT2D eigenvalue weighted by molar-refractivity contribution is -0.128. The summed E-state index contributed by atoms with van der Waals surface area (Å²) in [6.07, 6.45) is 2.43. The summed E-state index contributed by atoms with van der Waals surface area (Å²) in [7, 11) is 0. The Morgan fingerprint density at radius 3 is 2.55 bits per heavy atom. The molecule has 1 amide bonds. The van der Waals surface area contributed by atoms with Crippen LogP contribution in [0.15, 0.2) is 30.6 Å². The van der Waals surface area contributed by atoms with E-state index in [1.54, 1.807) is 12.1 Å². The Kier molecular flexibility index (Phi) is 8.16. The van der Waals surface area contributed by atoms with Crippen LogP contribution < -0.4 is 21.7 Å². The topological polar surface area (TPSA) is 154 Å². The molecule has 0 aliphatic carbocycles. The average molecular weight is 446 g/mol. The van der Waals surface area contributed by atoms with Gasteiger partial charge in [-0.1, -0.05) is 31.2 Å². The number of aliphatic hydroxyl groups excluding tert-OH is 1. The third-order valence-corrected chi connectivity index (χ3v) is 5.62. The van der Waals surface area contributed by atoms with E-state index in [4.69, 9.17) is 23.1 Å². The second-order valence-electron chi connectivity index (χ2n) is 7.30. The van der Waals surface area contributed by atoms with Crippen molar-refractivity contribution in [2.75, 3.05) is 30.3 Å². The van der Waals surface area contributed by atoms with Crippen molar-refractivity contribution >= 4 is 29.1 Å². The summed E-state index contributed by atoms with van der Waals surface area (Å²) in [4.78, 5) is 22.9. The van der Waals surface area contributed by atoms with Gasteiger partial charge in [-0.15, -0.1) is 0 Å². The Labute approximate surface area is 187 Å². The van der Waals surface area contributed by atoms with E-state index in [0.717, 1.165) is 5.56 Å². The van der Waals surface area contributed by atoms with Crippen molar-refractivity contribution in [3.05, 3.63) is 46.7 Å². The molecule has 6 N–H and O–H groups in total. The molecule has 1 aromatic carbocycles. The number of carbonyl (C=O) groups is 1. The van der Waals surface area contributed by atoms with Gasteiger partial charge in [-0.3, -0.25) is 4.79 Å². The molecule has 0 radical (unpaired) electrons. The lowest BCUT2D eigenvalue weighted by atomic mass is 9.86. The SMILES string of the molecule is C.N#Cc1c(N)ncnc1N1CCC(N)(C(=O)N[C@@H](CCO)c2ccc(Cl)cc2)CC1. The molecule has 1 aromatic heterocycles. The van der Waals surface area contributed by atoms with Gasteiger partial charge in [0, 0.05) is 24.7 Å². The highest BCUT2D eigenvalue weighted by atomic mass is 35.5. The van der Waals surface area contributed by atoms with E-state index in [2.05, 4.69) is 15.3 Å². The maximum atomic E-state index is 13.0. The van der Waals surface area contributed by atoms with Crippen LogP contribution in [0, 0.1) is 11.3 Å². The molecule has 10 heteroatoms. The number of hydrogen-bond donors (Lipinski definition) is 4. The maximum absolute atomic E-state index is 13.0. The second kappa shape index (κ2) is 10.4. The number of hydrogen-bond acceptors (Lipinski definition) is 8. The number of piperidine rings is 1. The van der Waals surface area contributed by atoms with E-state index in [-0.39, 0.29) is 37.4 Å². The second-order valence-corrected chi connectivity index (χ2v) is 7.74. The molecule has 0 bridgehead atoms. The molecule has 0 spiro atoms. The van der Waals surface area contributed by atoms with Crippen LogP contribution in [-0.4, -0.2) is 46.2 Å². The van der Waals surface area contributed by atoms with E-state index in [0.29, 0.717) is 43.2 Å². The van der Waals surface area contributed by atoms with Crippen LogP contribution in [0.2, 0.25) is 5.02 Å². The number of nitrogens with zero attached hydrogens (tertiary/aromatic N) is 4. The summed E-state index contributed by atoms with van der Waals surface area (Å²) in [5.41, 5.74) is 12.2. The van der Waals surface area contributed by atoms with Crippen LogP contribution in [0.4, 0.5) is 11.6 Å². The first-order chi connectivity index (χ1) is 14.4. The number of aromatic nitrogens is 2. The molecule has 1 fully saturated rings. The zero-order chi connectivity index (χ0) is 21.7. The standard InChI is InChI=1S/C20H24ClN7O2.CH4/c21-14-3-1-13(2-4-14)16(5-10-29)27-19(30)20(24)6-8-28(9-7-20)18-15(11-22)17(23)25-12-26-18;/h1-4,12,16,29H,5-10,24H2,(H,27,30)(H2,23,25,26);1H4/t16-;/m0./s1. The highest BCUT2D eigenvalue weighted by Gasteiger charge is 2.39. The molecule has 1 aliphatic rings. The van der Waals surface area contributed by atoms with Gasteiger partial charge in [-0.25, -0.2) is 9.97 Å². The van der Waals surface area contributed by atoms with E-state index >= 15 is 0 Å². The minimum Gasteiger partial charge on any atom is -0.396 e. The van der Waals surface area contributed by atoms with Crippen molar-refractivity contribution in [3.8, 4) is 6.07 Å². The van der Waals surface area contributed by atoms with Crippen LogP contribution in [0.3, 0.4) is 0 Å². The number of nitrogen functional groups attached to an aromatic ring is 1. The Balaban J connectivity index is 0.00000341. The first-order valence-electron chi connectivity index (χ1n) is 9.59. The smallest absolute Gasteiger partial charge is 0.240 e. The zero-order valence-corrected chi connectivity index (χ0v) is 17.1. The number of nitrogens with one attached hydrogen (secondary N) is 1. The molecule has 1 saturated heterocycles. The fraction of sp³-hybridized carbons (Fsp3) is 0.429. The predicted octanol–water partition coefficient (Wildman–Crippen LogP) is 1.76. The van der Waals surface area contributed by atoms with Gasteiger partial charge in [0.25, 0.3) is 0 Å². The van der Waals surface area contributed by atoms with Gasteiger partial charge in [-0.05, 0) is 37.0 Å². The zero-order valence-electron chi connectivity index (χ0n) is 16.4.